The lowest BCUT2D eigenvalue weighted by Crippen LogP contribution is -2.04. The number of benzene rings is 1. The topological polar surface area (TPSA) is 74.5 Å². The molecule has 0 amide bonds. The largest absolute Gasteiger partial charge is 0.497 e. The van der Waals surface area contributed by atoms with Gasteiger partial charge in [0.2, 0.25) is 0 Å². The first-order valence-electron chi connectivity index (χ1n) is 6.93. The fraction of sp³-hybridized carbons (Fsp3) is 0.118. The number of rotatable bonds is 5. The van der Waals surface area contributed by atoms with E-state index in [0.29, 0.717) is 17.0 Å². The van der Waals surface area contributed by atoms with E-state index in [2.05, 4.69) is 10.1 Å². The Labute approximate surface area is 132 Å². The Morgan fingerprint density at radius 2 is 2.04 bits per heavy atom. The average Bonchev–Trinajstić information content (AvgIpc) is 3.09. The zero-order chi connectivity index (χ0) is 16.1. The quantitative estimate of drug-likeness (QED) is 0.674. The minimum atomic E-state index is -0.458. The number of carbonyl (C=O) groups is 1. The van der Waals surface area contributed by atoms with Gasteiger partial charge in [0.05, 0.1) is 12.7 Å². The first-order valence-corrected chi connectivity index (χ1v) is 6.93. The lowest BCUT2D eigenvalue weighted by atomic mass is 10.1. The molecule has 0 unspecified atom stereocenters. The third-order valence-corrected chi connectivity index (χ3v) is 3.19. The van der Waals surface area contributed by atoms with Crippen molar-refractivity contribution in [3.63, 3.8) is 0 Å². The summed E-state index contributed by atoms with van der Waals surface area (Å²) in [4.78, 5) is 15.7. The number of esters is 1. The number of carbonyl (C=O) groups excluding carboxylic acids is 1. The third-order valence-electron chi connectivity index (χ3n) is 3.19. The van der Waals surface area contributed by atoms with Crippen molar-refractivity contribution in [3.05, 3.63) is 66.2 Å². The molecule has 0 atom stereocenters. The highest BCUT2D eigenvalue weighted by Crippen LogP contribution is 2.22. The molecule has 3 rings (SSSR count). The molecule has 23 heavy (non-hydrogen) atoms. The molecule has 6 nitrogen and oxygen atoms in total. The van der Waals surface area contributed by atoms with Crippen LogP contribution in [0.1, 0.15) is 16.1 Å². The molecule has 0 aliphatic carbocycles. The van der Waals surface area contributed by atoms with Gasteiger partial charge in [-0.3, -0.25) is 4.98 Å². The van der Waals surface area contributed by atoms with Crippen LogP contribution in [0.2, 0.25) is 0 Å². The van der Waals surface area contributed by atoms with E-state index in [9.17, 15) is 4.79 Å². The van der Waals surface area contributed by atoms with Crippen LogP contribution < -0.4 is 4.74 Å². The van der Waals surface area contributed by atoms with E-state index in [-0.39, 0.29) is 6.61 Å². The molecule has 0 spiro atoms. The summed E-state index contributed by atoms with van der Waals surface area (Å²) in [6, 6.07) is 12.5. The molecule has 0 aliphatic heterocycles. The fourth-order valence-corrected chi connectivity index (χ4v) is 1.98. The van der Waals surface area contributed by atoms with Crippen molar-refractivity contribution in [3.8, 4) is 17.0 Å². The van der Waals surface area contributed by atoms with Crippen LogP contribution in [0.3, 0.4) is 0 Å². The van der Waals surface area contributed by atoms with Gasteiger partial charge in [-0.05, 0) is 36.4 Å². The summed E-state index contributed by atoms with van der Waals surface area (Å²) in [5.41, 5.74) is 1.95. The van der Waals surface area contributed by atoms with Crippen LogP contribution in [0.15, 0.2) is 59.4 Å². The molecule has 1 aromatic carbocycles. The van der Waals surface area contributed by atoms with Gasteiger partial charge in [0.1, 0.15) is 11.4 Å². The summed E-state index contributed by atoms with van der Waals surface area (Å²) in [5.74, 6) is 0.774. The van der Waals surface area contributed by atoms with Crippen LogP contribution in [0, 0.1) is 0 Å². The summed E-state index contributed by atoms with van der Waals surface area (Å²) in [6.45, 7) is 0.0108. The van der Waals surface area contributed by atoms with Crippen LogP contribution in [0.25, 0.3) is 11.3 Å². The van der Waals surface area contributed by atoms with Gasteiger partial charge in [-0.1, -0.05) is 5.16 Å². The van der Waals surface area contributed by atoms with Crippen LogP contribution in [-0.4, -0.2) is 23.2 Å². The number of aromatic nitrogens is 2. The molecule has 116 valence electrons. The first-order chi connectivity index (χ1) is 11.3. The Bertz CT molecular complexity index is 782. The zero-order valence-electron chi connectivity index (χ0n) is 12.4. The highest BCUT2D eigenvalue weighted by molar-refractivity contribution is 5.88. The second kappa shape index (κ2) is 6.74. The summed E-state index contributed by atoms with van der Waals surface area (Å²) in [6.07, 6.45) is 3.04. The summed E-state index contributed by atoms with van der Waals surface area (Å²) in [7, 11) is 1.61. The van der Waals surface area contributed by atoms with Crippen LogP contribution in [0.4, 0.5) is 0 Å². The van der Waals surface area contributed by atoms with Gasteiger partial charge in [0, 0.05) is 24.0 Å². The van der Waals surface area contributed by atoms with E-state index in [0.717, 1.165) is 11.3 Å². The highest BCUT2D eigenvalue weighted by Gasteiger charge is 2.11. The molecule has 0 saturated heterocycles. The van der Waals surface area contributed by atoms with Gasteiger partial charge in [0.15, 0.2) is 12.4 Å². The Morgan fingerprint density at radius 1 is 1.22 bits per heavy atom. The molecular formula is C17H14N2O4. The molecule has 0 saturated carbocycles. The lowest BCUT2D eigenvalue weighted by molar-refractivity contribution is 0.0437. The number of nitrogens with zero attached hydrogens (tertiary/aromatic N) is 2. The van der Waals surface area contributed by atoms with Crippen molar-refractivity contribution >= 4 is 5.97 Å². The van der Waals surface area contributed by atoms with Gasteiger partial charge in [-0.25, -0.2) is 4.79 Å². The predicted octanol–water partition coefficient (Wildman–Crippen LogP) is 3.10. The SMILES string of the molecule is COc1ccc(-c2cc(COC(=O)c3cccnc3)on2)cc1. The minimum Gasteiger partial charge on any atom is -0.497 e. The van der Waals surface area contributed by atoms with Crippen molar-refractivity contribution in [2.45, 2.75) is 6.61 Å². The van der Waals surface area contributed by atoms with E-state index in [4.69, 9.17) is 14.0 Å². The average molecular weight is 310 g/mol. The van der Waals surface area contributed by atoms with Gasteiger partial charge in [-0.15, -0.1) is 0 Å². The van der Waals surface area contributed by atoms with Crippen molar-refractivity contribution in [2.75, 3.05) is 7.11 Å². The van der Waals surface area contributed by atoms with Crippen molar-refractivity contribution < 1.29 is 18.8 Å². The molecular weight excluding hydrogens is 296 g/mol. The maximum atomic E-state index is 11.8. The molecule has 0 aliphatic rings. The molecule has 0 N–H and O–H groups in total. The standard InChI is InChI=1S/C17H14N2O4/c1-21-14-6-4-12(5-7-14)16-9-15(23-19-16)11-22-17(20)13-3-2-8-18-10-13/h2-10H,11H2,1H3. The van der Waals surface area contributed by atoms with E-state index < -0.39 is 5.97 Å². The van der Waals surface area contributed by atoms with E-state index in [1.165, 1.54) is 6.20 Å². The number of hydrogen-bond donors (Lipinski definition) is 0. The Kier molecular flexibility index (Phi) is 4.33. The fourth-order valence-electron chi connectivity index (χ4n) is 1.98. The van der Waals surface area contributed by atoms with E-state index >= 15 is 0 Å². The summed E-state index contributed by atoms with van der Waals surface area (Å²) >= 11 is 0. The molecule has 3 aromatic rings. The first kappa shape index (κ1) is 14.8. The molecule has 0 bridgehead atoms. The number of ether oxygens (including phenoxy) is 2. The zero-order valence-corrected chi connectivity index (χ0v) is 12.4. The number of methoxy groups -OCH3 is 1. The lowest BCUT2D eigenvalue weighted by Gasteiger charge is -2.01. The second-order valence-electron chi connectivity index (χ2n) is 4.72. The highest BCUT2D eigenvalue weighted by atomic mass is 16.5. The van der Waals surface area contributed by atoms with Gasteiger partial charge < -0.3 is 14.0 Å². The van der Waals surface area contributed by atoms with Crippen LogP contribution >= 0.6 is 0 Å². The van der Waals surface area contributed by atoms with Gasteiger partial charge in [-0.2, -0.15) is 0 Å². The normalized spacial score (nSPS) is 10.3. The monoisotopic (exact) mass is 310 g/mol. The van der Waals surface area contributed by atoms with Crippen LogP contribution in [0.5, 0.6) is 5.75 Å². The summed E-state index contributed by atoms with van der Waals surface area (Å²) < 4.78 is 15.5. The van der Waals surface area contributed by atoms with Crippen molar-refractivity contribution in [1.82, 2.24) is 10.1 Å². The Morgan fingerprint density at radius 3 is 2.74 bits per heavy atom. The summed E-state index contributed by atoms with van der Waals surface area (Å²) in [5, 5.41) is 3.97. The van der Waals surface area contributed by atoms with Crippen molar-refractivity contribution in [2.24, 2.45) is 0 Å². The number of pyridine rings is 1. The maximum Gasteiger partial charge on any atom is 0.340 e. The Hall–Kier alpha value is -3.15. The second-order valence-corrected chi connectivity index (χ2v) is 4.72. The molecule has 2 aromatic heterocycles. The van der Waals surface area contributed by atoms with Crippen LogP contribution in [-0.2, 0) is 11.3 Å². The predicted molar refractivity (Wildman–Crippen MR) is 81.8 cm³/mol. The van der Waals surface area contributed by atoms with Crippen molar-refractivity contribution in [1.29, 1.82) is 0 Å². The smallest absolute Gasteiger partial charge is 0.340 e. The van der Waals surface area contributed by atoms with E-state index in [1.54, 1.807) is 31.5 Å². The molecule has 6 heteroatoms. The third kappa shape index (κ3) is 3.55. The maximum absolute atomic E-state index is 11.8. The molecule has 2 heterocycles. The molecule has 0 radical (unpaired) electrons. The Balaban J connectivity index is 1.64. The van der Waals surface area contributed by atoms with Gasteiger partial charge >= 0.3 is 5.97 Å². The minimum absolute atomic E-state index is 0.0108. The van der Waals surface area contributed by atoms with E-state index in [1.807, 2.05) is 24.3 Å². The van der Waals surface area contributed by atoms with Gasteiger partial charge in [0.25, 0.3) is 0 Å². The molecule has 0 fully saturated rings. The number of hydrogen-bond acceptors (Lipinski definition) is 6.